The number of nitrogens with one attached hydrogen (secondary N) is 1. The molecule has 0 spiro atoms. The number of nitrogens with zero attached hydrogens (tertiary/aromatic N) is 3. The van der Waals surface area contributed by atoms with Crippen LogP contribution in [-0.2, 0) is 11.8 Å². The summed E-state index contributed by atoms with van der Waals surface area (Å²) in [6.07, 6.45) is 1.29. The van der Waals surface area contributed by atoms with Crippen molar-refractivity contribution >= 4 is 17.5 Å². The highest BCUT2D eigenvalue weighted by molar-refractivity contribution is 5.82. The third-order valence-corrected chi connectivity index (χ3v) is 1.87. The number of amides is 1. The van der Waals surface area contributed by atoms with Crippen molar-refractivity contribution in [3.05, 3.63) is 16.4 Å². The molecular formula is C7H11N5O3. The van der Waals surface area contributed by atoms with Crippen LogP contribution in [0.4, 0.5) is 11.6 Å². The molecule has 0 aromatic carbocycles. The maximum absolute atomic E-state index is 10.8. The van der Waals surface area contributed by atoms with Crippen LogP contribution in [-0.4, -0.2) is 26.4 Å². The fraction of sp³-hybridized carbons (Fsp3) is 0.429. The summed E-state index contributed by atoms with van der Waals surface area (Å²) in [5, 5.41) is 13.2. The predicted molar refractivity (Wildman–Crippen MR) is 52.1 cm³/mol. The average molecular weight is 213 g/mol. The lowest BCUT2D eigenvalue weighted by Crippen LogP contribution is -2.33. The van der Waals surface area contributed by atoms with Gasteiger partial charge in [0.05, 0.1) is 0 Å². The number of carbonyl (C=O) groups is 1. The molecule has 0 fully saturated rings. The Hall–Kier alpha value is -2.12. The molecule has 1 amide bonds. The molecule has 1 unspecified atom stereocenters. The third kappa shape index (κ3) is 2.22. The van der Waals surface area contributed by atoms with E-state index in [0.29, 0.717) is 0 Å². The molecule has 0 radical (unpaired) electrons. The molecule has 15 heavy (non-hydrogen) atoms. The molecule has 1 aromatic rings. The van der Waals surface area contributed by atoms with Gasteiger partial charge in [0.1, 0.15) is 6.04 Å². The smallest absolute Gasteiger partial charge is 0.368 e. The molecule has 0 saturated carbocycles. The summed E-state index contributed by atoms with van der Waals surface area (Å²) in [6, 6.07) is -0.695. The van der Waals surface area contributed by atoms with E-state index in [-0.39, 0.29) is 11.6 Å². The number of imidazole rings is 1. The second kappa shape index (κ2) is 3.95. The number of carbonyl (C=O) groups excluding carboxylic acids is 1. The van der Waals surface area contributed by atoms with Gasteiger partial charge >= 0.3 is 5.82 Å². The summed E-state index contributed by atoms with van der Waals surface area (Å²) >= 11 is 0. The quantitative estimate of drug-likeness (QED) is 0.522. The van der Waals surface area contributed by atoms with Crippen LogP contribution in [0.3, 0.4) is 0 Å². The fourth-order valence-corrected chi connectivity index (χ4v) is 0.994. The second-order valence-electron chi connectivity index (χ2n) is 3.05. The number of aromatic nitrogens is 2. The van der Waals surface area contributed by atoms with Crippen LogP contribution >= 0.6 is 0 Å². The van der Waals surface area contributed by atoms with Gasteiger partial charge in [-0.1, -0.05) is 0 Å². The zero-order valence-corrected chi connectivity index (χ0v) is 8.30. The Bertz CT molecular complexity index is 399. The van der Waals surface area contributed by atoms with Gasteiger partial charge in [0, 0.05) is 7.05 Å². The molecule has 1 heterocycles. The topological polar surface area (TPSA) is 116 Å². The molecule has 0 bridgehead atoms. The second-order valence-corrected chi connectivity index (χ2v) is 3.05. The van der Waals surface area contributed by atoms with E-state index in [0.717, 1.165) is 0 Å². The van der Waals surface area contributed by atoms with Crippen molar-refractivity contribution in [3.8, 4) is 0 Å². The lowest BCUT2D eigenvalue weighted by molar-refractivity contribution is -0.388. The number of primary amides is 1. The molecular weight excluding hydrogens is 202 g/mol. The molecule has 0 aliphatic carbocycles. The molecule has 0 aliphatic rings. The minimum absolute atomic E-state index is 0.159. The number of anilines is 1. The molecule has 1 rings (SSSR count). The van der Waals surface area contributed by atoms with Crippen LogP contribution in [0, 0.1) is 10.1 Å². The summed E-state index contributed by atoms with van der Waals surface area (Å²) < 4.78 is 1.41. The number of rotatable bonds is 4. The van der Waals surface area contributed by atoms with Gasteiger partial charge in [0.25, 0.3) is 0 Å². The van der Waals surface area contributed by atoms with Crippen molar-refractivity contribution in [2.45, 2.75) is 13.0 Å². The first-order valence-electron chi connectivity index (χ1n) is 4.15. The molecule has 1 aromatic heterocycles. The van der Waals surface area contributed by atoms with E-state index < -0.39 is 16.9 Å². The third-order valence-electron chi connectivity index (χ3n) is 1.87. The highest BCUT2D eigenvalue weighted by Gasteiger charge is 2.22. The monoisotopic (exact) mass is 213 g/mol. The largest absolute Gasteiger partial charge is 0.406 e. The molecule has 8 nitrogen and oxygen atoms in total. The van der Waals surface area contributed by atoms with Crippen LogP contribution in [0.25, 0.3) is 0 Å². The molecule has 8 heteroatoms. The minimum atomic E-state index is -0.695. The van der Waals surface area contributed by atoms with Crippen LogP contribution in [0.15, 0.2) is 6.33 Å². The van der Waals surface area contributed by atoms with Crippen LogP contribution in [0.5, 0.6) is 0 Å². The van der Waals surface area contributed by atoms with Gasteiger partial charge in [-0.05, 0) is 16.8 Å². The fourth-order valence-electron chi connectivity index (χ4n) is 0.994. The first kappa shape index (κ1) is 11.0. The Morgan fingerprint density at radius 1 is 1.80 bits per heavy atom. The van der Waals surface area contributed by atoms with Crippen LogP contribution in [0.1, 0.15) is 6.92 Å². The summed E-state index contributed by atoms with van der Waals surface area (Å²) in [6.45, 7) is 1.51. The van der Waals surface area contributed by atoms with Crippen molar-refractivity contribution in [1.29, 1.82) is 0 Å². The van der Waals surface area contributed by atoms with E-state index in [1.54, 1.807) is 7.05 Å². The number of nitrogens with two attached hydrogens (primary N) is 1. The van der Waals surface area contributed by atoms with E-state index in [2.05, 4.69) is 10.3 Å². The van der Waals surface area contributed by atoms with E-state index in [1.807, 2.05) is 0 Å². The minimum Gasteiger partial charge on any atom is -0.368 e. The summed E-state index contributed by atoms with van der Waals surface area (Å²) in [5.41, 5.74) is 5.03. The Balaban J connectivity index is 2.97. The van der Waals surface area contributed by atoms with E-state index in [9.17, 15) is 14.9 Å². The summed E-state index contributed by atoms with van der Waals surface area (Å²) in [4.78, 5) is 24.3. The van der Waals surface area contributed by atoms with Gasteiger partial charge in [0.2, 0.25) is 18.1 Å². The molecule has 0 aliphatic heterocycles. The maximum Gasteiger partial charge on any atom is 0.406 e. The lowest BCUT2D eigenvalue weighted by atomic mass is 10.3. The first-order valence-corrected chi connectivity index (χ1v) is 4.15. The standard InChI is InChI=1S/C7H11N5O3/c1-4(5(8)13)10-7-6(12(14)15)9-3-11(7)2/h3-4,10H,1-2H3,(H2,8,13). The van der Waals surface area contributed by atoms with Gasteiger partial charge in [-0.3, -0.25) is 9.36 Å². The summed E-state index contributed by atoms with van der Waals surface area (Å²) in [7, 11) is 1.58. The van der Waals surface area contributed by atoms with Crippen molar-refractivity contribution in [1.82, 2.24) is 9.55 Å². The van der Waals surface area contributed by atoms with Gasteiger partial charge in [-0.25, -0.2) is 0 Å². The van der Waals surface area contributed by atoms with Crippen molar-refractivity contribution in [3.63, 3.8) is 0 Å². The highest BCUT2D eigenvalue weighted by Crippen LogP contribution is 2.21. The van der Waals surface area contributed by atoms with Crippen LogP contribution in [0.2, 0.25) is 0 Å². The van der Waals surface area contributed by atoms with Crippen molar-refractivity contribution < 1.29 is 9.72 Å². The van der Waals surface area contributed by atoms with E-state index in [1.165, 1.54) is 17.8 Å². The van der Waals surface area contributed by atoms with Crippen molar-refractivity contribution in [2.24, 2.45) is 12.8 Å². The first-order chi connectivity index (χ1) is 6.93. The zero-order chi connectivity index (χ0) is 11.6. The van der Waals surface area contributed by atoms with Crippen LogP contribution < -0.4 is 11.1 Å². The Morgan fingerprint density at radius 3 is 2.87 bits per heavy atom. The number of aryl methyl sites for hydroxylation is 1. The maximum atomic E-state index is 10.8. The normalized spacial score (nSPS) is 12.1. The van der Waals surface area contributed by atoms with Gasteiger partial charge in [-0.15, -0.1) is 0 Å². The van der Waals surface area contributed by atoms with Crippen molar-refractivity contribution in [2.75, 3.05) is 5.32 Å². The lowest BCUT2D eigenvalue weighted by Gasteiger charge is -2.10. The molecule has 82 valence electrons. The number of hydrogen-bond acceptors (Lipinski definition) is 5. The Morgan fingerprint density at radius 2 is 2.40 bits per heavy atom. The summed E-state index contributed by atoms with van der Waals surface area (Å²) in [5.74, 6) is -0.762. The van der Waals surface area contributed by atoms with Gasteiger partial charge in [-0.2, -0.15) is 0 Å². The molecule has 3 N–H and O–H groups in total. The Labute approximate surface area is 85.2 Å². The highest BCUT2D eigenvalue weighted by atomic mass is 16.6. The zero-order valence-electron chi connectivity index (χ0n) is 8.30. The number of hydrogen-bond donors (Lipinski definition) is 2. The Kier molecular flexibility index (Phi) is 2.88. The molecule has 0 saturated heterocycles. The van der Waals surface area contributed by atoms with E-state index >= 15 is 0 Å². The SMILES string of the molecule is CC(Nc1c([N+](=O)[O-])ncn1C)C(N)=O. The molecule has 1 atom stereocenters. The number of nitro groups is 1. The average Bonchev–Trinajstić information content (AvgIpc) is 2.48. The predicted octanol–water partition coefficient (Wildman–Crippen LogP) is -0.386. The van der Waals surface area contributed by atoms with Gasteiger partial charge in [0.15, 0.2) is 0 Å². The van der Waals surface area contributed by atoms with E-state index in [4.69, 9.17) is 5.73 Å². The van der Waals surface area contributed by atoms with Gasteiger partial charge < -0.3 is 21.2 Å².